The van der Waals surface area contributed by atoms with Gasteiger partial charge in [0.2, 0.25) is 0 Å². The molecule has 21 heavy (non-hydrogen) atoms. The smallest absolute Gasteiger partial charge is 0.305 e. The van der Waals surface area contributed by atoms with Crippen LogP contribution in [0.25, 0.3) is 0 Å². The molecular weight excluding hydrogens is 297 g/mol. The molecule has 2 rings (SSSR count). The molecule has 0 aliphatic rings. The van der Waals surface area contributed by atoms with Crippen molar-refractivity contribution in [3.8, 4) is 6.07 Å². The third-order valence-electron chi connectivity index (χ3n) is 3.09. The fraction of sp³-hybridized carbons (Fsp3) is 0.267. The molecule has 2 nitrogen and oxygen atoms in total. The van der Waals surface area contributed by atoms with Gasteiger partial charge in [-0.25, -0.2) is 0 Å². The first kappa shape index (κ1) is 15.5. The number of nitriles is 1. The summed E-state index contributed by atoms with van der Waals surface area (Å²) in [5.74, 6) is 0. The van der Waals surface area contributed by atoms with Gasteiger partial charge in [-0.15, -0.1) is 11.3 Å². The predicted molar refractivity (Wildman–Crippen MR) is 75.7 cm³/mol. The maximum Gasteiger partial charge on any atom is 0.416 e. The molecule has 0 radical (unpaired) electrons. The van der Waals surface area contributed by atoms with E-state index in [1.54, 1.807) is 6.07 Å². The molecule has 0 spiro atoms. The largest absolute Gasteiger partial charge is 0.416 e. The third-order valence-corrected chi connectivity index (χ3v) is 4.08. The fourth-order valence-electron chi connectivity index (χ4n) is 1.87. The van der Waals surface area contributed by atoms with Crippen molar-refractivity contribution in [2.24, 2.45) is 0 Å². The van der Waals surface area contributed by atoms with Crippen LogP contribution in [0.3, 0.4) is 0 Å². The second-order valence-corrected chi connectivity index (χ2v) is 5.77. The predicted octanol–water partition coefficient (Wildman–Crippen LogP) is 4.49. The van der Waals surface area contributed by atoms with Gasteiger partial charge in [-0.3, -0.25) is 0 Å². The Kier molecular flexibility index (Phi) is 4.66. The average Bonchev–Trinajstić information content (AvgIpc) is 2.92. The summed E-state index contributed by atoms with van der Waals surface area (Å²) < 4.78 is 37.5. The normalized spacial score (nSPS) is 12.9. The second kappa shape index (κ2) is 6.29. The number of nitrogens with one attached hydrogen (secondary N) is 1. The van der Waals surface area contributed by atoms with E-state index in [-0.39, 0.29) is 6.04 Å². The van der Waals surface area contributed by atoms with Gasteiger partial charge in [0.15, 0.2) is 0 Å². The Bertz CT molecular complexity index is 638. The molecule has 110 valence electrons. The van der Waals surface area contributed by atoms with Crippen LogP contribution in [0, 0.1) is 11.3 Å². The summed E-state index contributed by atoms with van der Waals surface area (Å²) >= 11 is 1.40. The molecule has 1 atom stereocenters. The van der Waals surface area contributed by atoms with E-state index in [4.69, 9.17) is 5.26 Å². The van der Waals surface area contributed by atoms with Crippen LogP contribution in [0.4, 0.5) is 13.2 Å². The van der Waals surface area contributed by atoms with E-state index in [1.165, 1.54) is 23.5 Å². The number of hydrogen-bond donors (Lipinski definition) is 1. The molecule has 0 aliphatic carbocycles. The number of rotatable bonds is 4. The van der Waals surface area contributed by atoms with Gasteiger partial charge in [0.1, 0.15) is 10.9 Å². The van der Waals surface area contributed by atoms with Crippen molar-refractivity contribution in [2.45, 2.75) is 25.7 Å². The molecule has 1 heterocycles. The van der Waals surface area contributed by atoms with Gasteiger partial charge in [0, 0.05) is 17.5 Å². The van der Waals surface area contributed by atoms with Crippen LogP contribution in [-0.2, 0) is 12.7 Å². The molecular formula is C15H13F3N2S. The number of benzene rings is 1. The number of alkyl halides is 3. The molecule has 1 aromatic heterocycles. The van der Waals surface area contributed by atoms with Crippen molar-refractivity contribution in [1.29, 1.82) is 5.26 Å². The number of hydrogen-bond acceptors (Lipinski definition) is 3. The minimum atomic E-state index is -4.31. The lowest BCUT2D eigenvalue weighted by molar-refractivity contribution is -0.137. The van der Waals surface area contributed by atoms with Crippen LogP contribution in [0.2, 0.25) is 0 Å². The van der Waals surface area contributed by atoms with Gasteiger partial charge in [-0.2, -0.15) is 18.4 Å². The highest BCUT2D eigenvalue weighted by atomic mass is 32.1. The van der Waals surface area contributed by atoms with E-state index in [0.717, 1.165) is 22.6 Å². The van der Waals surface area contributed by atoms with Crippen molar-refractivity contribution in [3.63, 3.8) is 0 Å². The minimum Gasteiger partial charge on any atom is -0.305 e. The molecule has 1 unspecified atom stereocenters. The van der Waals surface area contributed by atoms with E-state index >= 15 is 0 Å². The van der Waals surface area contributed by atoms with Crippen molar-refractivity contribution in [1.82, 2.24) is 5.32 Å². The highest BCUT2D eigenvalue weighted by molar-refractivity contribution is 7.12. The summed E-state index contributed by atoms with van der Waals surface area (Å²) in [7, 11) is 0. The average molecular weight is 310 g/mol. The highest BCUT2D eigenvalue weighted by Crippen LogP contribution is 2.30. The Morgan fingerprint density at radius 2 is 1.86 bits per heavy atom. The minimum absolute atomic E-state index is 0.0695. The Balaban J connectivity index is 1.97. The summed E-state index contributed by atoms with van der Waals surface area (Å²) in [5, 5.41) is 12.0. The van der Waals surface area contributed by atoms with Gasteiger partial charge in [-0.1, -0.05) is 12.1 Å². The zero-order valence-electron chi connectivity index (χ0n) is 11.2. The van der Waals surface area contributed by atoms with Gasteiger partial charge < -0.3 is 5.32 Å². The summed E-state index contributed by atoms with van der Waals surface area (Å²) in [4.78, 5) is 1.67. The lowest BCUT2D eigenvalue weighted by Gasteiger charge is -2.15. The summed E-state index contributed by atoms with van der Waals surface area (Å²) in [6.07, 6.45) is -4.31. The highest BCUT2D eigenvalue weighted by Gasteiger charge is 2.30. The van der Waals surface area contributed by atoms with Crippen molar-refractivity contribution < 1.29 is 13.2 Å². The van der Waals surface area contributed by atoms with Crippen LogP contribution in [0.15, 0.2) is 36.4 Å². The van der Waals surface area contributed by atoms with Gasteiger partial charge in [-0.05, 0) is 36.8 Å². The first-order valence-corrected chi connectivity index (χ1v) is 7.11. The van der Waals surface area contributed by atoms with Crippen LogP contribution in [0.1, 0.15) is 33.8 Å². The zero-order chi connectivity index (χ0) is 15.5. The molecule has 6 heteroatoms. The molecule has 1 N–H and O–H groups in total. The number of nitrogens with zero attached hydrogens (tertiary/aromatic N) is 1. The molecule has 0 saturated heterocycles. The fourth-order valence-corrected chi connectivity index (χ4v) is 2.62. The van der Waals surface area contributed by atoms with E-state index < -0.39 is 11.7 Å². The summed E-state index contributed by atoms with van der Waals surface area (Å²) in [5.41, 5.74) is 0.149. The molecule has 0 aliphatic heterocycles. The van der Waals surface area contributed by atoms with Crippen LogP contribution < -0.4 is 5.32 Å². The van der Waals surface area contributed by atoms with Gasteiger partial charge in [0.05, 0.1) is 5.56 Å². The topological polar surface area (TPSA) is 35.8 Å². The quantitative estimate of drug-likeness (QED) is 0.903. The zero-order valence-corrected chi connectivity index (χ0v) is 12.1. The van der Waals surface area contributed by atoms with Crippen molar-refractivity contribution in [3.05, 3.63) is 57.3 Å². The maximum absolute atomic E-state index is 12.5. The Labute approximate surface area is 124 Å². The molecule has 0 fully saturated rings. The Morgan fingerprint density at radius 3 is 2.38 bits per heavy atom. The first-order valence-electron chi connectivity index (χ1n) is 6.29. The Hall–Kier alpha value is -1.84. The van der Waals surface area contributed by atoms with Crippen molar-refractivity contribution >= 4 is 11.3 Å². The Morgan fingerprint density at radius 1 is 1.19 bits per heavy atom. The van der Waals surface area contributed by atoms with Crippen LogP contribution in [0.5, 0.6) is 0 Å². The monoisotopic (exact) mass is 310 g/mol. The molecule has 1 aromatic carbocycles. The van der Waals surface area contributed by atoms with Crippen LogP contribution in [-0.4, -0.2) is 0 Å². The standard InChI is InChI=1S/C15H13F3N2S/c1-10(20-9-14-7-6-13(8-19)21-14)11-2-4-12(5-3-11)15(16,17)18/h2-7,10,20H,9H2,1H3. The van der Waals surface area contributed by atoms with E-state index in [2.05, 4.69) is 11.4 Å². The van der Waals surface area contributed by atoms with Crippen molar-refractivity contribution in [2.75, 3.05) is 0 Å². The SMILES string of the molecule is CC(NCc1ccc(C#N)s1)c1ccc(C(F)(F)F)cc1. The van der Waals surface area contributed by atoms with E-state index in [9.17, 15) is 13.2 Å². The molecule has 0 saturated carbocycles. The second-order valence-electron chi connectivity index (χ2n) is 4.60. The van der Waals surface area contributed by atoms with E-state index in [0.29, 0.717) is 11.4 Å². The lowest BCUT2D eigenvalue weighted by Crippen LogP contribution is -2.17. The molecule has 0 amide bonds. The third kappa shape index (κ3) is 4.06. The summed E-state index contributed by atoms with van der Waals surface area (Å²) in [6.45, 7) is 2.47. The summed E-state index contributed by atoms with van der Waals surface area (Å²) in [6, 6.07) is 10.8. The van der Waals surface area contributed by atoms with Crippen LogP contribution >= 0.6 is 11.3 Å². The van der Waals surface area contributed by atoms with Gasteiger partial charge >= 0.3 is 6.18 Å². The van der Waals surface area contributed by atoms with E-state index in [1.807, 2.05) is 13.0 Å². The maximum atomic E-state index is 12.5. The molecule has 2 aromatic rings. The van der Waals surface area contributed by atoms with Gasteiger partial charge in [0.25, 0.3) is 0 Å². The number of thiophene rings is 1. The first-order chi connectivity index (χ1) is 9.90. The number of halogens is 3. The lowest BCUT2D eigenvalue weighted by atomic mass is 10.1. The molecule has 0 bridgehead atoms.